The first-order valence-corrected chi connectivity index (χ1v) is 20.7. The highest BCUT2D eigenvalue weighted by molar-refractivity contribution is 7.28. The molecule has 266 valence electrons. The summed E-state index contributed by atoms with van der Waals surface area (Å²) in [6.07, 6.45) is 0. The van der Waals surface area contributed by atoms with E-state index in [9.17, 15) is 0 Å². The van der Waals surface area contributed by atoms with Crippen LogP contribution in [0.1, 0.15) is 0 Å². The van der Waals surface area contributed by atoms with Crippen LogP contribution in [-0.2, 0) is 0 Å². The zero-order valence-electron chi connectivity index (χ0n) is 30.4. The topological polar surface area (TPSA) is 43.6 Å². The van der Waals surface area contributed by atoms with Gasteiger partial charge >= 0.3 is 0 Å². The summed E-state index contributed by atoms with van der Waals surface area (Å²) in [6.45, 7) is 0. The van der Waals surface area contributed by atoms with Gasteiger partial charge in [0.15, 0.2) is 17.5 Å². The summed E-state index contributed by atoms with van der Waals surface area (Å²) in [4.78, 5) is 15.6. The molecule has 4 nitrogen and oxygen atoms in total. The van der Waals surface area contributed by atoms with E-state index in [4.69, 9.17) is 15.0 Å². The Balaban J connectivity index is 1.16. The Morgan fingerprint density at radius 3 is 1.58 bits per heavy atom. The predicted molar refractivity (Wildman–Crippen MR) is 242 cm³/mol. The Hall–Kier alpha value is -6.99. The van der Waals surface area contributed by atoms with E-state index < -0.39 is 0 Å². The van der Waals surface area contributed by atoms with Crippen LogP contribution in [0, 0.1) is 0 Å². The Labute approximate surface area is 335 Å². The maximum Gasteiger partial charge on any atom is 0.165 e. The third-order valence-electron chi connectivity index (χ3n) is 11.0. The molecular weight excluding hydrogens is 733 g/mol. The monoisotopic (exact) mass is 762 g/mol. The average Bonchev–Trinajstić information content (AvgIpc) is 3.96. The maximum absolute atomic E-state index is 5.27. The first kappa shape index (κ1) is 32.3. The number of nitrogens with zero attached hydrogens (tertiary/aromatic N) is 4. The number of fused-ring (bicyclic) bond motifs is 10. The SMILES string of the molecule is c1ccc(-c2nc(-c3ccccc3)nc(-c3cc(-c4cccc(-n5c6ccccc6c6ccccc65)c4)cc4c3sc3ccc5sc6ccccc6c5c34)n2)cc1. The first-order chi connectivity index (χ1) is 28.2. The van der Waals surface area contributed by atoms with E-state index >= 15 is 0 Å². The average molecular weight is 763 g/mol. The van der Waals surface area contributed by atoms with Crippen molar-refractivity contribution in [1.82, 2.24) is 19.5 Å². The second-order valence-electron chi connectivity index (χ2n) is 14.4. The molecule has 4 heterocycles. The Morgan fingerprint density at radius 1 is 0.351 bits per heavy atom. The third kappa shape index (κ3) is 5.15. The minimum Gasteiger partial charge on any atom is -0.309 e. The quantitative estimate of drug-likeness (QED) is 0.175. The Morgan fingerprint density at radius 2 is 0.895 bits per heavy atom. The smallest absolute Gasteiger partial charge is 0.165 e. The predicted octanol–water partition coefficient (Wildman–Crippen LogP) is 14.4. The number of benzene rings is 8. The third-order valence-corrected chi connectivity index (χ3v) is 13.4. The van der Waals surface area contributed by atoms with Crippen molar-refractivity contribution >= 4 is 84.8 Å². The van der Waals surface area contributed by atoms with Crippen LogP contribution in [0.2, 0.25) is 0 Å². The molecule has 0 amide bonds. The van der Waals surface area contributed by atoms with Crippen molar-refractivity contribution in [3.8, 4) is 51.0 Å². The van der Waals surface area contributed by atoms with Gasteiger partial charge in [-0.1, -0.05) is 127 Å². The van der Waals surface area contributed by atoms with Crippen molar-refractivity contribution in [3.05, 3.63) is 182 Å². The number of hydrogen-bond acceptors (Lipinski definition) is 5. The summed E-state index contributed by atoms with van der Waals surface area (Å²) in [6, 6.07) is 64.8. The van der Waals surface area contributed by atoms with Gasteiger partial charge in [0.05, 0.1) is 11.0 Å². The van der Waals surface area contributed by atoms with E-state index in [0.29, 0.717) is 17.5 Å². The lowest BCUT2D eigenvalue weighted by atomic mass is 9.97. The fourth-order valence-corrected chi connectivity index (χ4v) is 10.8. The standard InChI is InChI=1S/C51H30N4S2/c1-3-14-31(15-4-1)49-52-50(32-16-5-2-6-17-32)54-51(53-49)40-30-34(29-39-47-45(57-48(39)40)27-26-44-46(47)38-22-9-12-25-43(38)56-44)33-18-13-19-35(28-33)55-41-23-10-7-20-36(41)37-21-8-11-24-42(37)55/h1-30H. The van der Waals surface area contributed by atoms with Gasteiger partial charge in [-0.2, -0.15) is 0 Å². The van der Waals surface area contributed by atoms with Crippen molar-refractivity contribution in [2.45, 2.75) is 0 Å². The zero-order valence-corrected chi connectivity index (χ0v) is 32.1. The summed E-state index contributed by atoms with van der Waals surface area (Å²) >= 11 is 3.68. The Kier molecular flexibility index (Phi) is 7.24. The summed E-state index contributed by atoms with van der Waals surface area (Å²) in [5.41, 5.74) is 8.63. The fraction of sp³-hybridized carbons (Fsp3) is 0. The molecule has 0 bridgehead atoms. The van der Waals surface area contributed by atoms with E-state index in [2.05, 4.69) is 150 Å². The van der Waals surface area contributed by atoms with Crippen LogP contribution < -0.4 is 0 Å². The normalized spacial score (nSPS) is 11.9. The van der Waals surface area contributed by atoms with Crippen molar-refractivity contribution in [2.75, 3.05) is 0 Å². The first-order valence-electron chi connectivity index (χ1n) is 19.0. The second kappa shape index (κ2) is 12.8. The van der Waals surface area contributed by atoms with E-state index in [0.717, 1.165) is 33.5 Å². The van der Waals surface area contributed by atoms with Gasteiger partial charge in [0.25, 0.3) is 0 Å². The van der Waals surface area contributed by atoms with Crippen molar-refractivity contribution in [2.24, 2.45) is 0 Å². The summed E-state index contributed by atoms with van der Waals surface area (Å²) in [5.74, 6) is 1.96. The number of para-hydroxylation sites is 2. The minimum atomic E-state index is 0.652. The van der Waals surface area contributed by atoms with Gasteiger partial charge in [-0.05, 0) is 65.7 Å². The van der Waals surface area contributed by atoms with Crippen molar-refractivity contribution in [3.63, 3.8) is 0 Å². The highest BCUT2D eigenvalue weighted by atomic mass is 32.1. The molecule has 0 N–H and O–H groups in total. The van der Waals surface area contributed by atoms with Gasteiger partial charge < -0.3 is 4.57 Å². The second-order valence-corrected chi connectivity index (χ2v) is 16.5. The summed E-state index contributed by atoms with van der Waals surface area (Å²) < 4.78 is 7.39. The molecule has 0 saturated heterocycles. The van der Waals surface area contributed by atoms with E-state index in [-0.39, 0.29) is 0 Å². The molecule has 0 aliphatic rings. The lowest BCUT2D eigenvalue weighted by Gasteiger charge is -2.13. The molecule has 6 heteroatoms. The van der Waals surface area contributed by atoms with Gasteiger partial charge in [0.1, 0.15) is 0 Å². The summed E-state index contributed by atoms with van der Waals surface area (Å²) in [5, 5.41) is 7.59. The largest absolute Gasteiger partial charge is 0.309 e. The molecular formula is C51H30N4S2. The molecule has 0 spiro atoms. The molecule has 8 aromatic carbocycles. The van der Waals surface area contributed by atoms with Crippen LogP contribution in [-0.4, -0.2) is 19.5 Å². The van der Waals surface area contributed by atoms with Gasteiger partial charge in [-0.25, -0.2) is 15.0 Å². The lowest BCUT2D eigenvalue weighted by Crippen LogP contribution is -2.00. The lowest BCUT2D eigenvalue weighted by molar-refractivity contribution is 1.08. The van der Waals surface area contributed by atoms with Gasteiger partial charge in [0.2, 0.25) is 0 Å². The highest BCUT2D eigenvalue weighted by Crippen LogP contribution is 2.48. The minimum absolute atomic E-state index is 0.652. The zero-order chi connectivity index (χ0) is 37.5. The van der Waals surface area contributed by atoms with Crippen LogP contribution in [0.15, 0.2) is 182 Å². The molecule has 0 saturated carbocycles. The number of rotatable bonds is 5. The van der Waals surface area contributed by atoms with Crippen LogP contribution >= 0.6 is 22.7 Å². The van der Waals surface area contributed by atoms with E-state index in [1.165, 1.54) is 62.2 Å². The van der Waals surface area contributed by atoms with Crippen LogP contribution in [0.4, 0.5) is 0 Å². The molecule has 12 aromatic rings. The van der Waals surface area contributed by atoms with Gasteiger partial charge in [-0.3, -0.25) is 0 Å². The number of hydrogen-bond donors (Lipinski definition) is 0. The fourth-order valence-electron chi connectivity index (χ4n) is 8.47. The molecule has 0 unspecified atom stereocenters. The molecule has 0 fully saturated rings. The van der Waals surface area contributed by atoms with Crippen LogP contribution in [0.3, 0.4) is 0 Å². The van der Waals surface area contributed by atoms with Crippen molar-refractivity contribution < 1.29 is 0 Å². The van der Waals surface area contributed by atoms with E-state index in [1.807, 2.05) is 59.1 Å². The Bertz CT molecular complexity index is 3410. The van der Waals surface area contributed by atoms with Crippen molar-refractivity contribution in [1.29, 1.82) is 0 Å². The summed E-state index contributed by atoms with van der Waals surface area (Å²) in [7, 11) is 0. The van der Waals surface area contributed by atoms with E-state index in [1.54, 1.807) is 0 Å². The van der Waals surface area contributed by atoms with Gasteiger partial charge in [-0.15, -0.1) is 22.7 Å². The van der Waals surface area contributed by atoms with Crippen LogP contribution in [0.25, 0.3) is 113 Å². The van der Waals surface area contributed by atoms with Crippen LogP contribution in [0.5, 0.6) is 0 Å². The number of thiophene rings is 2. The van der Waals surface area contributed by atoms with Gasteiger partial charge in [0, 0.05) is 73.5 Å². The maximum atomic E-state index is 5.27. The molecule has 0 aliphatic carbocycles. The molecule has 4 aromatic heterocycles. The number of aromatic nitrogens is 4. The molecule has 0 radical (unpaired) electrons. The molecule has 57 heavy (non-hydrogen) atoms. The molecule has 12 rings (SSSR count). The molecule has 0 atom stereocenters. The molecule has 0 aliphatic heterocycles. The highest BCUT2D eigenvalue weighted by Gasteiger charge is 2.21.